The molecule has 0 aromatic heterocycles. The topological polar surface area (TPSA) is 67.8 Å². The van der Waals surface area contributed by atoms with Crippen LogP contribution in [-0.4, -0.2) is 60.1 Å². The minimum Gasteiger partial charge on any atom is -0.508 e. The van der Waals surface area contributed by atoms with Gasteiger partial charge in [0.1, 0.15) is 11.8 Å². The highest BCUT2D eigenvalue weighted by atomic mass is 16.3. The Kier molecular flexibility index (Phi) is 5.61. The predicted octanol–water partition coefficient (Wildman–Crippen LogP) is 1.49. The minimum atomic E-state index is -0.243. The van der Waals surface area contributed by atoms with Crippen molar-refractivity contribution in [3.05, 3.63) is 29.8 Å². The lowest BCUT2D eigenvalue weighted by Crippen LogP contribution is -2.45. The van der Waals surface area contributed by atoms with E-state index in [1.165, 1.54) is 0 Å². The van der Waals surface area contributed by atoms with E-state index in [-0.39, 0.29) is 23.7 Å². The molecule has 3 N–H and O–H groups in total. The van der Waals surface area contributed by atoms with Crippen molar-refractivity contribution in [2.24, 2.45) is 5.92 Å². The van der Waals surface area contributed by atoms with E-state index in [0.717, 1.165) is 31.5 Å². The first-order chi connectivity index (χ1) is 12.0. The first kappa shape index (κ1) is 18.2. The van der Waals surface area contributed by atoms with Crippen molar-refractivity contribution in [2.75, 3.05) is 27.2 Å². The summed E-state index contributed by atoms with van der Waals surface area (Å²) in [4.78, 5) is 17.2. The summed E-state index contributed by atoms with van der Waals surface area (Å²) >= 11 is 0. The number of likely N-dealkylation sites (N-methyl/N-ethyl adjacent to an activating group) is 1. The summed E-state index contributed by atoms with van der Waals surface area (Å²) < 4.78 is 0. The van der Waals surface area contributed by atoms with Crippen LogP contribution in [0.15, 0.2) is 24.3 Å². The predicted molar refractivity (Wildman–Crippen MR) is 98.0 cm³/mol. The van der Waals surface area contributed by atoms with Crippen molar-refractivity contribution in [3.8, 4) is 5.75 Å². The number of hydrogen-bond donors (Lipinski definition) is 3. The first-order valence-corrected chi connectivity index (χ1v) is 9.25. The van der Waals surface area contributed by atoms with Crippen LogP contribution in [0, 0.1) is 5.92 Å². The van der Waals surface area contributed by atoms with E-state index in [9.17, 15) is 9.90 Å². The molecule has 25 heavy (non-hydrogen) atoms. The molecule has 0 spiro atoms. The summed E-state index contributed by atoms with van der Waals surface area (Å²) in [5.74, 6) is 0.981. The molecule has 0 radical (unpaired) electrons. The number of likely N-dealkylation sites (tertiary alicyclic amines) is 1. The first-order valence-electron chi connectivity index (χ1n) is 9.25. The van der Waals surface area contributed by atoms with Crippen molar-refractivity contribution < 1.29 is 9.90 Å². The smallest absolute Gasteiger partial charge is 0.241 e. The second kappa shape index (κ2) is 7.72. The zero-order valence-electron chi connectivity index (χ0n) is 15.4. The van der Waals surface area contributed by atoms with Gasteiger partial charge >= 0.3 is 0 Å². The summed E-state index contributed by atoms with van der Waals surface area (Å²) in [5, 5.41) is 10.0. The number of phenolic OH excluding ortho intramolecular Hbond substituents is 1. The molecule has 1 aromatic carbocycles. The third kappa shape index (κ3) is 3.81. The van der Waals surface area contributed by atoms with Crippen LogP contribution in [0.4, 0.5) is 0 Å². The van der Waals surface area contributed by atoms with Gasteiger partial charge < -0.3 is 14.9 Å². The summed E-state index contributed by atoms with van der Waals surface area (Å²) in [5.41, 5.74) is 7.14. The monoisotopic (exact) mass is 346 g/mol. The number of phenols is 1. The van der Waals surface area contributed by atoms with Crippen molar-refractivity contribution in [1.82, 2.24) is 20.7 Å². The molecule has 6 nitrogen and oxygen atoms in total. The van der Waals surface area contributed by atoms with Crippen LogP contribution < -0.4 is 10.9 Å². The molecule has 2 saturated heterocycles. The van der Waals surface area contributed by atoms with Gasteiger partial charge in [-0.1, -0.05) is 31.5 Å². The van der Waals surface area contributed by atoms with Crippen LogP contribution in [0.25, 0.3) is 0 Å². The molecule has 1 aromatic rings. The number of hydrazine groups is 1. The van der Waals surface area contributed by atoms with Crippen LogP contribution >= 0.6 is 0 Å². The van der Waals surface area contributed by atoms with E-state index >= 15 is 0 Å². The molecular formula is C19H30N4O2. The highest BCUT2D eigenvalue weighted by Crippen LogP contribution is 2.31. The molecule has 1 amide bonds. The fourth-order valence-electron chi connectivity index (χ4n) is 4.20. The number of para-hydroxylation sites is 1. The zero-order valence-corrected chi connectivity index (χ0v) is 15.4. The maximum atomic E-state index is 13.0. The van der Waals surface area contributed by atoms with E-state index < -0.39 is 0 Å². The fraction of sp³-hybridized carbons (Fsp3) is 0.632. The highest BCUT2D eigenvalue weighted by Gasteiger charge is 2.40. The molecule has 3 rings (SSSR count). The molecule has 0 bridgehead atoms. The molecule has 4 atom stereocenters. The lowest BCUT2D eigenvalue weighted by atomic mass is 9.98. The van der Waals surface area contributed by atoms with E-state index in [1.807, 2.05) is 23.1 Å². The van der Waals surface area contributed by atoms with Crippen LogP contribution in [0.5, 0.6) is 5.75 Å². The number of aromatic hydroxyl groups is 1. The molecule has 0 aliphatic carbocycles. The standard InChI is InChI=1S/C19H30N4O2/c1-4-7-13-11-23(12-17(13)22(2)3)19(25)16-10-15(20-21-16)14-8-5-6-9-18(14)24/h5-6,8-9,13,15-17,20-21,24H,4,7,10-12H2,1-3H3/t13-,15?,16?,17-/m1/s1. The van der Waals surface area contributed by atoms with Crippen molar-refractivity contribution in [1.29, 1.82) is 0 Å². The summed E-state index contributed by atoms with van der Waals surface area (Å²) in [7, 11) is 4.20. The Balaban J connectivity index is 1.63. The minimum absolute atomic E-state index is 0.0474. The van der Waals surface area contributed by atoms with Crippen LogP contribution in [0.2, 0.25) is 0 Å². The quantitative estimate of drug-likeness (QED) is 0.754. The van der Waals surface area contributed by atoms with Gasteiger partial charge in [0, 0.05) is 24.7 Å². The van der Waals surface area contributed by atoms with Crippen molar-refractivity contribution >= 4 is 5.91 Å². The van der Waals surface area contributed by atoms with Crippen molar-refractivity contribution in [3.63, 3.8) is 0 Å². The summed E-state index contributed by atoms with van der Waals surface area (Å²) in [6.45, 7) is 3.85. The zero-order chi connectivity index (χ0) is 18.0. The van der Waals surface area contributed by atoms with Crippen LogP contribution in [0.1, 0.15) is 37.8 Å². The number of carbonyl (C=O) groups excluding carboxylic acids is 1. The highest BCUT2D eigenvalue weighted by molar-refractivity contribution is 5.82. The lowest BCUT2D eigenvalue weighted by molar-refractivity contribution is -0.132. The molecule has 2 fully saturated rings. The van der Waals surface area contributed by atoms with E-state index in [4.69, 9.17) is 0 Å². The van der Waals surface area contributed by atoms with E-state index in [2.05, 4.69) is 36.8 Å². The van der Waals surface area contributed by atoms with Gasteiger partial charge in [0.2, 0.25) is 5.91 Å². The average molecular weight is 346 g/mol. The number of amides is 1. The molecule has 2 aliphatic rings. The van der Waals surface area contributed by atoms with Gasteiger partial charge in [-0.05, 0) is 38.9 Å². The summed E-state index contributed by atoms with van der Waals surface area (Å²) in [6, 6.07) is 7.45. The van der Waals surface area contributed by atoms with Crippen LogP contribution in [0.3, 0.4) is 0 Å². The van der Waals surface area contributed by atoms with Gasteiger partial charge in [-0.3, -0.25) is 4.79 Å². The van der Waals surface area contributed by atoms with E-state index in [0.29, 0.717) is 18.4 Å². The second-order valence-electron chi connectivity index (χ2n) is 7.51. The normalized spacial score (nSPS) is 29.5. The van der Waals surface area contributed by atoms with Gasteiger partial charge in [-0.2, -0.15) is 0 Å². The Bertz CT molecular complexity index is 607. The molecular weight excluding hydrogens is 316 g/mol. The number of hydrogen-bond acceptors (Lipinski definition) is 5. The third-order valence-electron chi connectivity index (χ3n) is 5.55. The molecule has 2 unspecified atom stereocenters. The number of carbonyl (C=O) groups is 1. The molecule has 2 aliphatic heterocycles. The van der Waals surface area contributed by atoms with Crippen LogP contribution in [-0.2, 0) is 4.79 Å². The Hall–Kier alpha value is -1.63. The number of nitrogens with one attached hydrogen (secondary N) is 2. The lowest BCUT2D eigenvalue weighted by Gasteiger charge is -2.24. The van der Waals surface area contributed by atoms with Gasteiger partial charge in [-0.25, -0.2) is 10.9 Å². The Morgan fingerprint density at radius 3 is 2.72 bits per heavy atom. The number of rotatable bonds is 5. The van der Waals surface area contributed by atoms with Gasteiger partial charge in [0.15, 0.2) is 0 Å². The fourth-order valence-corrected chi connectivity index (χ4v) is 4.20. The van der Waals surface area contributed by atoms with Crippen molar-refractivity contribution in [2.45, 2.75) is 44.3 Å². The van der Waals surface area contributed by atoms with Gasteiger partial charge in [-0.15, -0.1) is 0 Å². The maximum absolute atomic E-state index is 13.0. The van der Waals surface area contributed by atoms with Gasteiger partial charge in [0.25, 0.3) is 0 Å². The second-order valence-corrected chi connectivity index (χ2v) is 7.51. The molecule has 2 heterocycles. The largest absolute Gasteiger partial charge is 0.508 e. The third-order valence-corrected chi connectivity index (χ3v) is 5.55. The summed E-state index contributed by atoms with van der Waals surface area (Å²) in [6.07, 6.45) is 2.96. The Morgan fingerprint density at radius 1 is 1.28 bits per heavy atom. The Morgan fingerprint density at radius 2 is 2.04 bits per heavy atom. The molecule has 0 saturated carbocycles. The average Bonchev–Trinajstić information content (AvgIpc) is 3.22. The molecule has 138 valence electrons. The van der Waals surface area contributed by atoms with Gasteiger partial charge in [0.05, 0.1) is 6.04 Å². The SMILES string of the molecule is CCC[C@@H]1CN(C(=O)C2CC(c3ccccc3O)NN2)C[C@H]1N(C)C. The van der Waals surface area contributed by atoms with E-state index in [1.54, 1.807) is 6.07 Å². The maximum Gasteiger partial charge on any atom is 0.241 e. The Labute approximate surface area is 150 Å². The number of benzene rings is 1. The molecule has 6 heteroatoms. The number of nitrogens with zero attached hydrogens (tertiary/aromatic N) is 2.